The van der Waals surface area contributed by atoms with Gasteiger partial charge in [-0.3, -0.25) is 9.69 Å². The molecule has 28 heavy (non-hydrogen) atoms. The van der Waals surface area contributed by atoms with Gasteiger partial charge in [-0.1, -0.05) is 25.1 Å². The Morgan fingerprint density at radius 3 is 2.89 bits per heavy atom. The van der Waals surface area contributed by atoms with E-state index in [2.05, 4.69) is 22.9 Å². The highest BCUT2D eigenvalue weighted by Gasteiger charge is 2.47. The Labute approximate surface area is 165 Å². The molecule has 6 nitrogen and oxygen atoms in total. The van der Waals surface area contributed by atoms with Crippen LogP contribution < -0.4 is 4.74 Å². The zero-order valence-electron chi connectivity index (χ0n) is 16.5. The molecule has 1 aromatic heterocycles. The number of fused-ring (bicyclic) bond motifs is 3. The van der Waals surface area contributed by atoms with Crippen LogP contribution in [0.4, 0.5) is 0 Å². The molecule has 1 N–H and O–H groups in total. The molecule has 148 valence electrons. The Bertz CT molecular complexity index is 844. The number of piperidine rings is 1. The number of imidazole rings is 1. The first-order chi connectivity index (χ1) is 13.7. The first-order valence-corrected chi connectivity index (χ1v) is 10.5. The number of hydrogen-bond donors (Lipinski definition) is 1. The van der Waals surface area contributed by atoms with Crippen LogP contribution in [-0.2, 0) is 23.2 Å². The lowest BCUT2D eigenvalue weighted by Crippen LogP contribution is -2.58. The molecule has 1 spiro atoms. The van der Waals surface area contributed by atoms with Crippen LogP contribution in [0.3, 0.4) is 0 Å². The fourth-order valence-corrected chi connectivity index (χ4v) is 5.29. The molecular weight excluding hydrogens is 352 g/mol. The average Bonchev–Trinajstić information content (AvgIpc) is 3.38. The first kappa shape index (κ1) is 17.7. The minimum atomic E-state index is -0.370. The van der Waals surface area contributed by atoms with Gasteiger partial charge >= 0.3 is 0 Å². The highest BCUT2D eigenvalue weighted by molar-refractivity contribution is 5.82. The Balaban J connectivity index is 1.31. The van der Waals surface area contributed by atoms with Crippen LogP contribution >= 0.6 is 0 Å². The second-order valence-corrected chi connectivity index (χ2v) is 8.24. The Kier molecular flexibility index (Phi) is 4.38. The summed E-state index contributed by atoms with van der Waals surface area (Å²) in [4.78, 5) is 25.8. The minimum Gasteiger partial charge on any atom is -0.480 e. The summed E-state index contributed by atoms with van der Waals surface area (Å²) in [7, 11) is 0. The van der Waals surface area contributed by atoms with Gasteiger partial charge in [0.1, 0.15) is 5.75 Å². The molecule has 2 aromatic rings. The van der Waals surface area contributed by atoms with Crippen molar-refractivity contribution in [2.24, 2.45) is 0 Å². The lowest BCUT2D eigenvalue weighted by Gasteiger charge is -2.50. The van der Waals surface area contributed by atoms with E-state index in [1.165, 1.54) is 11.4 Å². The van der Waals surface area contributed by atoms with Crippen molar-refractivity contribution in [3.8, 4) is 5.75 Å². The van der Waals surface area contributed by atoms with Gasteiger partial charge in [-0.25, -0.2) is 4.98 Å². The number of ether oxygens (including phenoxy) is 1. The second kappa shape index (κ2) is 6.92. The van der Waals surface area contributed by atoms with Crippen LogP contribution in [0, 0.1) is 0 Å². The summed E-state index contributed by atoms with van der Waals surface area (Å²) < 4.78 is 5.94. The van der Waals surface area contributed by atoms with Crippen LogP contribution in [0.25, 0.3) is 0 Å². The Morgan fingerprint density at radius 1 is 1.29 bits per heavy atom. The molecule has 1 saturated heterocycles. The number of likely N-dealkylation sites (tertiary alicyclic amines) is 1. The van der Waals surface area contributed by atoms with Gasteiger partial charge in [0.25, 0.3) is 5.91 Å². The predicted octanol–water partition coefficient (Wildman–Crippen LogP) is 2.50. The molecule has 3 aliphatic rings. The van der Waals surface area contributed by atoms with Gasteiger partial charge in [0.2, 0.25) is 0 Å². The molecular formula is C22H28N4O2. The number of nitrogens with one attached hydrogen (secondary N) is 1. The summed E-state index contributed by atoms with van der Waals surface area (Å²) >= 11 is 0. The molecule has 1 atom stereocenters. The maximum Gasteiger partial charge on any atom is 0.263 e. The number of nitrogens with zero attached hydrogens (tertiary/aromatic N) is 3. The highest BCUT2D eigenvalue weighted by atomic mass is 16.5. The van der Waals surface area contributed by atoms with E-state index < -0.39 is 0 Å². The van der Waals surface area contributed by atoms with E-state index in [9.17, 15) is 4.79 Å². The number of carbonyl (C=O) groups excluding carboxylic acids is 1. The molecule has 4 heterocycles. The molecule has 0 saturated carbocycles. The third kappa shape index (κ3) is 2.73. The zero-order chi connectivity index (χ0) is 19.1. The van der Waals surface area contributed by atoms with Crippen molar-refractivity contribution in [1.29, 1.82) is 0 Å². The number of amides is 1. The number of aromatic amines is 1. The summed E-state index contributed by atoms with van der Waals surface area (Å²) in [6, 6.07) is 7.98. The maximum absolute atomic E-state index is 13.1. The fourth-order valence-electron chi connectivity index (χ4n) is 5.29. The van der Waals surface area contributed by atoms with Crippen molar-refractivity contribution < 1.29 is 9.53 Å². The van der Waals surface area contributed by atoms with Crippen molar-refractivity contribution >= 4 is 5.91 Å². The summed E-state index contributed by atoms with van der Waals surface area (Å²) in [5, 5.41) is 0. The van der Waals surface area contributed by atoms with E-state index in [1.807, 2.05) is 29.4 Å². The quantitative estimate of drug-likeness (QED) is 0.889. The molecule has 0 aliphatic carbocycles. The van der Waals surface area contributed by atoms with Crippen LogP contribution in [0.1, 0.15) is 43.1 Å². The largest absolute Gasteiger partial charge is 0.480 e. The number of para-hydroxylation sites is 1. The topological polar surface area (TPSA) is 61.5 Å². The van der Waals surface area contributed by atoms with Crippen LogP contribution in [0.15, 0.2) is 30.6 Å². The van der Waals surface area contributed by atoms with Crippen molar-refractivity contribution in [2.45, 2.75) is 50.7 Å². The van der Waals surface area contributed by atoms with E-state index in [1.54, 1.807) is 0 Å². The lowest BCUT2D eigenvalue weighted by molar-refractivity contribution is -0.141. The lowest BCUT2D eigenvalue weighted by atomic mass is 9.78. The van der Waals surface area contributed by atoms with Gasteiger partial charge in [0.15, 0.2) is 6.10 Å². The molecule has 1 amide bonds. The third-order valence-electron chi connectivity index (χ3n) is 6.71. The molecule has 0 radical (unpaired) electrons. The summed E-state index contributed by atoms with van der Waals surface area (Å²) in [5.74, 6) is 0.989. The number of rotatable bonds is 3. The summed E-state index contributed by atoms with van der Waals surface area (Å²) in [6.45, 7) is 5.92. The van der Waals surface area contributed by atoms with Crippen LogP contribution in [0.5, 0.6) is 5.75 Å². The first-order valence-electron chi connectivity index (χ1n) is 10.5. The molecule has 3 aliphatic heterocycles. The van der Waals surface area contributed by atoms with Gasteiger partial charge < -0.3 is 14.6 Å². The van der Waals surface area contributed by atoms with E-state index in [-0.39, 0.29) is 17.6 Å². The van der Waals surface area contributed by atoms with Crippen LogP contribution in [0.2, 0.25) is 0 Å². The van der Waals surface area contributed by atoms with Crippen molar-refractivity contribution in [3.05, 3.63) is 47.5 Å². The van der Waals surface area contributed by atoms with Crippen molar-refractivity contribution in [2.75, 3.05) is 26.2 Å². The third-order valence-corrected chi connectivity index (χ3v) is 6.71. The monoisotopic (exact) mass is 380 g/mol. The maximum atomic E-state index is 13.1. The van der Waals surface area contributed by atoms with Gasteiger partial charge in [0, 0.05) is 38.2 Å². The number of carbonyl (C=O) groups is 1. The van der Waals surface area contributed by atoms with Gasteiger partial charge in [-0.2, -0.15) is 0 Å². The average molecular weight is 380 g/mol. The van der Waals surface area contributed by atoms with Gasteiger partial charge in [-0.15, -0.1) is 0 Å². The molecule has 5 rings (SSSR count). The zero-order valence-corrected chi connectivity index (χ0v) is 16.5. The van der Waals surface area contributed by atoms with E-state index in [0.29, 0.717) is 6.42 Å². The minimum absolute atomic E-state index is 0.0279. The number of hydrogen-bond acceptors (Lipinski definition) is 4. The predicted molar refractivity (Wildman–Crippen MR) is 106 cm³/mol. The standard InChI is InChI=1S/C22H28N4O2/c1-2-10-26-11-7-17-20(24-15-23-17)22(26)8-12-25(13-9-22)21(27)19-14-16-5-3-4-6-18(16)28-19/h3-6,15,19H,2,7-14H2,1H3,(H,23,24)/t19-/m0/s1. The summed E-state index contributed by atoms with van der Waals surface area (Å²) in [5.41, 5.74) is 3.60. The fraction of sp³-hybridized carbons (Fsp3) is 0.545. The normalized spacial score (nSPS) is 23.3. The molecule has 1 fully saturated rings. The van der Waals surface area contributed by atoms with Crippen molar-refractivity contribution in [3.63, 3.8) is 0 Å². The second-order valence-electron chi connectivity index (χ2n) is 8.24. The number of benzene rings is 1. The SMILES string of the molecule is CCCN1CCc2[nH]cnc2C12CCN(C(=O)[C@@H]1Cc3ccccc3O1)CC2. The number of H-pyrrole nitrogens is 1. The molecule has 1 aromatic carbocycles. The highest BCUT2D eigenvalue weighted by Crippen LogP contribution is 2.42. The summed E-state index contributed by atoms with van der Waals surface area (Å²) in [6.07, 6.45) is 6.20. The van der Waals surface area contributed by atoms with Crippen molar-refractivity contribution in [1.82, 2.24) is 19.8 Å². The Hall–Kier alpha value is -2.34. The van der Waals surface area contributed by atoms with Gasteiger partial charge in [-0.05, 0) is 37.4 Å². The van der Waals surface area contributed by atoms with E-state index in [4.69, 9.17) is 9.72 Å². The number of aromatic nitrogens is 2. The molecule has 0 unspecified atom stereocenters. The molecule has 6 heteroatoms. The van der Waals surface area contributed by atoms with Gasteiger partial charge in [0.05, 0.1) is 17.6 Å². The Morgan fingerprint density at radius 2 is 2.11 bits per heavy atom. The van der Waals surface area contributed by atoms with E-state index >= 15 is 0 Å². The molecule has 0 bridgehead atoms. The van der Waals surface area contributed by atoms with Crippen LogP contribution in [-0.4, -0.2) is 58.0 Å². The van der Waals surface area contributed by atoms with E-state index in [0.717, 1.165) is 63.2 Å². The smallest absolute Gasteiger partial charge is 0.263 e.